The molecular weight excluding hydrogens is 404 g/mol. The van der Waals surface area contributed by atoms with Gasteiger partial charge in [-0.1, -0.05) is 55.3 Å². The second-order valence-electron chi connectivity index (χ2n) is 7.28. The fourth-order valence-corrected chi connectivity index (χ4v) is 5.31. The molecule has 0 radical (unpaired) electrons. The van der Waals surface area contributed by atoms with Crippen LogP contribution in [0.25, 0.3) is 17.1 Å². The zero-order valence-electron chi connectivity index (χ0n) is 16.2. The van der Waals surface area contributed by atoms with Crippen LogP contribution in [-0.4, -0.2) is 40.3 Å². The molecule has 8 nitrogen and oxygen atoms in total. The molecule has 156 valence electrons. The van der Waals surface area contributed by atoms with Crippen LogP contribution in [0, 0.1) is 0 Å². The Kier molecular flexibility index (Phi) is 5.65. The van der Waals surface area contributed by atoms with E-state index in [9.17, 15) is 18.0 Å². The lowest BCUT2D eigenvalue weighted by molar-refractivity contribution is 0.368. The van der Waals surface area contributed by atoms with Crippen molar-refractivity contribution in [2.75, 3.05) is 6.54 Å². The summed E-state index contributed by atoms with van der Waals surface area (Å²) in [5.74, 6) is 0. The number of nitrogens with zero attached hydrogens (tertiary/aromatic N) is 2. The maximum Gasteiger partial charge on any atom is 0.327 e. The number of aromatic amines is 2. The highest BCUT2D eigenvalue weighted by molar-refractivity contribution is 7.89. The molecule has 0 saturated carbocycles. The van der Waals surface area contributed by atoms with Gasteiger partial charge in [0.05, 0.1) is 5.39 Å². The molecule has 1 fully saturated rings. The largest absolute Gasteiger partial charge is 0.327 e. The van der Waals surface area contributed by atoms with E-state index < -0.39 is 21.3 Å². The van der Waals surface area contributed by atoms with Crippen molar-refractivity contribution in [2.45, 2.75) is 36.6 Å². The van der Waals surface area contributed by atoms with Gasteiger partial charge in [-0.05, 0) is 24.5 Å². The Balaban J connectivity index is 1.73. The molecule has 1 aliphatic heterocycles. The summed E-state index contributed by atoms with van der Waals surface area (Å²) in [5, 5.41) is 0.0295. The predicted molar refractivity (Wildman–Crippen MR) is 115 cm³/mol. The number of sulfonamides is 1. The Hall–Kier alpha value is -3.04. The summed E-state index contributed by atoms with van der Waals surface area (Å²) in [4.78, 5) is 32.0. The molecule has 1 atom stereocenters. The average molecular weight is 426 g/mol. The Morgan fingerprint density at radius 3 is 2.67 bits per heavy atom. The molecule has 9 heteroatoms. The van der Waals surface area contributed by atoms with Crippen LogP contribution < -0.4 is 11.2 Å². The van der Waals surface area contributed by atoms with Crippen LogP contribution in [0.4, 0.5) is 0 Å². The zero-order valence-corrected chi connectivity index (χ0v) is 17.1. The van der Waals surface area contributed by atoms with Crippen molar-refractivity contribution < 1.29 is 8.42 Å². The molecule has 3 aromatic rings. The monoisotopic (exact) mass is 426 g/mol. The van der Waals surface area contributed by atoms with Crippen LogP contribution in [-0.2, 0) is 10.0 Å². The van der Waals surface area contributed by atoms with Gasteiger partial charge in [-0.25, -0.2) is 18.2 Å². The third kappa shape index (κ3) is 4.12. The van der Waals surface area contributed by atoms with Gasteiger partial charge in [0.25, 0.3) is 5.56 Å². The van der Waals surface area contributed by atoms with E-state index in [2.05, 4.69) is 15.0 Å². The van der Waals surface area contributed by atoms with Gasteiger partial charge in [-0.3, -0.25) is 14.8 Å². The quantitative estimate of drug-likeness (QED) is 0.664. The number of fused-ring (bicyclic) bond motifs is 1. The molecule has 0 amide bonds. The molecule has 0 spiro atoms. The topological polar surface area (TPSA) is 116 Å². The predicted octanol–water partition coefficient (Wildman–Crippen LogP) is 2.26. The number of aromatic nitrogens is 3. The highest BCUT2D eigenvalue weighted by atomic mass is 32.2. The summed E-state index contributed by atoms with van der Waals surface area (Å²) in [5.41, 5.74) is -0.301. The average Bonchev–Trinajstić information content (AvgIpc) is 2.98. The smallest absolute Gasteiger partial charge is 0.291 e. The van der Waals surface area contributed by atoms with E-state index in [4.69, 9.17) is 0 Å². The van der Waals surface area contributed by atoms with Crippen molar-refractivity contribution in [3.63, 3.8) is 0 Å². The highest BCUT2D eigenvalue weighted by Gasteiger charge is 2.31. The molecule has 30 heavy (non-hydrogen) atoms. The second kappa shape index (κ2) is 8.37. The van der Waals surface area contributed by atoms with Gasteiger partial charge in [0.2, 0.25) is 10.0 Å². The summed E-state index contributed by atoms with van der Waals surface area (Å²) in [6.07, 6.45) is 8.44. The Labute approximate surface area is 173 Å². The number of rotatable bonds is 4. The lowest BCUT2D eigenvalue weighted by atomic mass is 10.1. The summed E-state index contributed by atoms with van der Waals surface area (Å²) in [6.45, 7) is 0.395. The lowest BCUT2D eigenvalue weighted by Gasteiger charge is -2.27. The molecule has 1 aliphatic rings. The lowest BCUT2D eigenvalue weighted by Crippen LogP contribution is -2.39. The Morgan fingerprint density at radius 2 is 1.87 bits per heavy atom. The van der Waals surface area contributed by atoms with Crippen molar-refractivity contribution in [2.24, 2.45) is 0 Å². The zero-order chi connectivity index (χ0) is 21.1. The summed E-state index contributed by atoms with van der Waals surface area (Å²) in [7, 11) is -3.88. The number of nitrogens with one attached hydrogen (secondary N) is 2. The second-order valence-corrected chi connectivity index (χ2v) is 9.17. The van der Waals surface area contributed by atoms with Gasteiger partial charge in [0, 0.05) is 18.8 Å². The molecule has 4 rings (SSSR count). The van der Waals surface area contributed by atoms with Gasteiger partial charge in [-0.15, -0.1) is 0 Å². The molecule has 2 aromatic heterocycles. The third-order valence-electron chi connectivity index (χ3n) is 5.23. The van der Waals surface area contributed by atoms with E-state index in [1.807, 2.05) is 42.5 Å². The van der Waals surface area contributed by atoms with Crippen LogP contribution in [0.3, 0.4) is 0 Å². The first-order chi connectivity index (χ1) is 14.4. The minimum absolute atomic E-state index is 0.0295. The third-order valence-corrected chi connectivity index (χ3v) is 7.12. The minimum atomic E-state index is -3.88. The Morgan fingerprint density at radius 1 is 1.07 bits per heavy atom. The standard InChI is InChI=1S/C21H22N4O4S/c26-20-18-13-17(14-22-19(18)23-21(27)24-20)30(28,29)25-12-6-2-5-9-16(25)11-10-15-7-3-1-4-8-15/h1,3-4,7-8,10-11,13-14,16H,2,5-6,9,12H2,(H2,22,23,24,26,27)/b11-10+. The number of pyridine rings is 1. The van der Waals surface area contributed by atoms with Crippen molar-refractivity contribution in [3.8, 4) is 0 Å². The maximum atomic E-state index is 13.5. The van der Waals surface area contributed by atoms with Gasteiger partial charge >= 0.3 is 5.69 Å². The van der Waals surface area contributed by atoms with Crippen LogP contribution >= 0.6 is 0 Å². The van der Waals surface area contributed by atoms with Crippen molar-refractivity contribution >= 4 is 27.1 Å². The molecule has 2 N–H and O–H groups in total. The SMILES string of the molecule is O=c1[nH]c(=O)c2cc(S(=O)(=O)N3CCCCCC3/C=C/c3ccccc3)cnc2[nH]1. The summed E-state index contributed by atoms with van der Waals surface area (Å²) in [6, 6.07) is 10.7. The van der Waals surface area contributed by atoms with Crippen LogP contribution in [0.1, 0.15) is 31.2 Å². The first-order valence-corrected chi connectivity index (χ1v) is 11.3. The summed E-state index contributed by atoms with van der Waals surface area (Å²) < 4.78 is 28.4. The first-order valence-electron chi connectivity index (χ1n) is 9.82. The van der Waals surface area contributed by atoms with E-state index in [1.54, 1.807) is 0 Å². The molecule has 1 aromatic carbocycles. The number of benzene rings is 1. The van der Waals surface area contributed by atoms with Gasteiger partial charge in [0.1, 0.15) is 10.5 Å². The van der Waals surface area contributed by atoms with Crippen LogP contribution in [0.5, 0.6) is 0 Å². The van der Waals surface area contributed by atoms with E-state index in [0.717, 1.165) is 31.2 Å². The molecular formula is C21H22N4O4S. The number of hydrogen-bond donors (Lipinski definition) is 2. The van der Waals surface area contributed by atoms with E-state index in [0.29, 0.717) is 6.54 Å². The van der Waals surface area contributed by atoms with Crippen LogP contribution in [0.2, 0.25) is 0 Å². The number of H-pyrrole nitrogens is 2. The van der Waals surface area contributed by atoms with Crippen molar-refractivity contribution in [3.05, 3.63) is 75.1 Å². The van der Waals surface area contributed by atoms with Gasteiger partial charge < -0.3 is 0 Å². The molecule has 0 bridgehead atoms. The minimum Gasteiger partial charge on any atom is -0.291 e. The van der Waals surface area contributed by atoms with Crippen molar-refractivity contribution in [1.82, 2.24) is 19.3 Å². The fourth-order valence-electron chi connectivity index (χ4n) is 3.69. The first kappa shape index (κ1) is 20.2. The van der Waals surface area contributed by atoms with Gasteiger partial charge in [-0.2, -0.15) is 4.31 Å². The molecule has 0 aliphatic carbocycles. The number of hydrogen-bond acceptors (Lipinski definition) is 5. The maximum absolute atomic E-state index is 13.5. The van der Waals surface area contributed by atoms with Gasteiger partial charge in [0.15, 0.2) is 0 Å². The fraction of sp³-hybridized carbons (Fsp3) is 0.286. The summed E-state index contributed by atoms with van der Waals surface area (Å²) >= 11 is 0. The molecule has 3 heterocycles. The Bertz CT molecular complexity index is 1300. The molecule has 1 unspecified atom stereocenters. The normalized spacial score (nSPS) is 18.6. The van der Waals surface area contributed by atoms with E-state index in [1.165, 1.54) is 16.6 Å². The van der Waals surface area contributed by atoms with E-state index in [-0.39, 0.29) is 22.0 Å². The van der Waals surface area contributed by atoms with E-state index >= 15 is 0 Å². The van der Waals surface area contributed by atoms with Crippen LogP contribution in [0.15, 0.2) is 63.2 Å². The molecule has 1 saturated heterocycles. The van der Waals surface area contributed by atoms with Crippen molar-refractivity contribution in [1.29, 1.82) is 0 Å². The highest BCUT2D eigenvalue weighted by Crippen LogP contribution is 2.26.